The number of carbonyl (C=O) groups excluding carboxylic acids is 2. The van der Waals surface area contributed by atoms with E-state index < -0.39 is 0 Å². The minimum absolute atomic E-state index is 0.230. The highest BCUT2D eigenvalue weighted by atomic mass is 16.5. The van der Waals surface area contributed by atoms with E-state index in [1.807, 2.05) is 30.3 Å². The molecule has 0 amide bonds. The van der Waals surface area contributed by atoms with Crippen LogP contribution in [0.5, 0.6) is 5.75 Å². The molecule has 1 fully saturated rings. The summed E-state index contributed by atoms with van der Waals surface area (Å²) >= 11 is 0. The summed E-state index contributed by atoms with van der Waals surface area (Å²) in [7, 11) is 0. The predicted molar refractivity (Wildman–Crippen MR) is 82.0 cm³/mol. The van der Waals surface area contributed by atoms with Crippen molar-refractivity contribution in [2.24, 2.45) is 5.41 Å². The van der Waals surface area contributed by atoms with Crippen LogP contribution in [-0.4, -0.2) is 11.8 Å². The Morgan fingerprint density at radius 2 is 1.86 bits per heavy atom. The molecule has 2 aromatic rings. The van der Waals surface area contributed by atoms with Crippen LogP contribution in [0, 0.1) is 5.41 Å². The third-order valence-electron chi connectivity index (χ3n) is 4.84. The molecule has 0 aliphatic heterocycles. The zero-order valence-electron chi connectivity index (χ0n) is 12.3. The predicted octanol–water partition coefficient (Wildman–Crippen LogP) is 3.52. The van der Waals surface area contributed by atoms with Crippen LogP contribution in [-0.2, 0) is 11.2 Å². The van der Waals surface area contributed by atoms with Crippen molar-refractivity contribution in [3.8, 4) is 5.75 Å². The van der Waals surface area contributed by atoms with Crippen LogP contribution in [0.1, 0.15) is 40.7 Å². The summed E-state index contributed by atoms with van der Waals surface area (Å²) in [5.74, 6) is 0.792. The number of esters is 1. The molecule has 2 aliphatic rings. The minimum Gasteiger partial charge on any atom is -0.427 e. The molecule has 2 aliphatic carbocycles. The standard InChI is InChI=1S/C19H16O3/c1-12(20)22-15-8-6-13(7-9-15)17-11-19(17)10-14-4-2-3-5-16(14)18(19)21/h2-9,17H,10-11H2,1H3/t17-,19+/m0/s1. The van der Waals surface area contributed by atoms with Gasteiger partial charge >= 0.3 is 5.97 Å². The quantitative estimate of drug-likeness (QED) is 0.628. The van der Waals surface area contributed by atoms with Gasteiger partial charge in [-0.25, -0.2) is 0 Å². The van der Waals surface area contributed by atoms with Gasteiger partial charge in [-0.1, -0.05) is 36.4 Å². The molecule has 3 nitrogen and oxygen atoms in total. The number of Topliss-reactive ketones (excluding diaryl/α,β-unsaturated/α-hetero) is 1. The smallest absolute Gasteiger partial charge is 0.308 e. The minimum atomic E-state index is -0.322. The number of benzene rings is 2. The summed E-state index contributed by atoms with van der Waals surface area (Å²) in [5.41, 5.74) is 2.98. The summed E-state index contributed by atoms with van der Waals surface area (Å²) in [6, 6.07) is 15.5. The van der Waals surface area contributed by atoms with Gasteiger partial charge in [-0.15, -0.1) is 0 Å². The molecule has 0 heterocycles. The van der Waals surface area contributed by atoms with Crippen molar-refractivity contribution >= 4 is 11.8 Å². The lowest BCUT2D eigenvalue weighted by molar-refractivity contribution is -0.131. The second-order valence-electron chi connectivity index (χ2n) is 6.24. The van der Waals surface area contributed by atoms with E-state index in [1.165, 1.54) is 12.5 Å². The number of hydrogen-bond acceptors (Lipinski definition) is 3. The molecule has 1 saturated carbocycles. The van der Waals surface area contributed by atoms with Crippen LogP contribution >= 0.6 is 0 Å². The highest BCUT2D eigenvalue weighted by Crippen LogP contribution is 2.65. The zero-order valence-corrected chi connectivity index (χ0v) is 12.3. The molecule has 1 spiro atoms. The van der Waals surface area contributed by atoms with Crippen LogP contribution in [0.3, 0.4) is 0 Å². The van der Waals surface area contributed by atoms with Gasteiger partial charge in [0.25, 0.3) is 0 Å². The molecule has 22 heavy (non-hydrogen) atoms. The number of ether oxygens (including phenoxy) is 1. The van der Waals surface area contributed by atoms with Gasteiger partial charge in [-0.05, 0) is 42.0 Å². The van der Waals surface area contributed by atoms with Crippen molar-refractivity contribution < 1.29 is 14.3 Å². The maximum absolute atomic E-state index is 12.7. The van der Waals surface area contributed by atoms with Gasteiger partial charge in [-0.3, -0.25) is 9.59 Å². The third kappa shape index (κ3) is 1.89. The van der Waals surface area contributed by atoms with E-state index in [0.717, 1.165) is 24.0 Å². The fraction of sp³-hybridized carbons (Fsp3) is 0.263. The average Bonchev–Trinajstić information content (AvgIpc) is 3.15. The highest BCUT2D eigenvalue weighted by molar-refractivity contribution is 6.07. The van der Waals surface area contributed by atoms with Crippen LogP contribution in [0.4, 0.5) is 0 Å². The average molecular weight is 292 g/mol. The van der Waals surface area contributed by atoms with Gasteiger partial charge in [0.1, 0.15) is 5.75 Å². The summed E-state index contributed by atoms with van der Waals surface area (Å²) in [6.45, 7) is 1.39. The van der Waals surface area contributed by atoms with E-state index in [4.69, 9.17) is 4.74 Å². The van der Waals surface area contributed by atoms with E-state index in [0.29, 0.717) is 5.75 Å². The van der Waals surface area contributed by atoms with Crippen molar-refractivity contribution in [3.63, 3.8) is 0 Å². The van der Waals surface area contributed by atoms with Gasteiger partial charge in [-0.2, -0.15) is 0 Å². The first-order valence-corrected chi connectivity index (χ1v) is 7.51. The Bertz CT molecular complexity index is 776. The zero-order chi connectivity index (χ0) is 15.3. The topological polar surface area (TPSA) is 43.4 Å². The van der Waals surface area contributed by atoms with Gasteiger partial charge in [0.15, 0.2) is 5.78 Å². The number of rotatable bonds is 2. The molecular formula is C19H16O3. The summed E-state index contributed by atoms with van der Waals surface area (Å²) in [4.78, 5) is 23.7. The Morgan fingerprint density at radius 1 is 1.14 bits per heavy atom. The summed E-state index contributed by atoms with van der Waals surface area (Å²) in [6.07, 6.45) is 1.76. The molecule has 0 N–H and O–H groups in total. The molecule has 2 atom stereocenters. The SMILES string of the molecule is CC(=O)Oc1ccc([C@@H]2C[C@]23Cc2ccccc2C3=O)cc1. The Balaban J connectivity index is 1.58. The normalized spacial score (nSPS) is 25.1. The molecule has 4 rings (SSSR count). The number of ketones is 1. The molecule has 110 valence electrons. The van der Waals surface area contributed by atoms with Crippen LogP contribution < -0.4 is 4.74 Å². The third-order valence-corrected chi connectivity index (χ3v) is 4.84. The Kier molecular flexibility index (Phi) is 2.73. The van der Waals surface area contributed by atoms with Crippen molar-refractivity contribution in [2.75, 3.05) is 0 Å². The molecule has 0 aromatic heterocycles. The van der Waals surface area contributed by atoms with Gasteiger partial charge in [0.2, 0.25) is 0 Å². The first-order valence-electron chi connectivity index (χ1n) is 7.51. The van der Waals surface area contributed by atoms with Crippen LogP contribution in [0.25, 0.3) is 0 Å². The summed E-state index contributed by atoms with van der Waals surface area (Å²) < 4.78 is 5.05. The molecular weight excluding hydrogens is 276 g/mol. The first-order chi connectivity index (χ1) is 10.6. The summed E-state index contributed by atoms with van der Waals surface area (Å²) in [5, 5.41) is 0. The van der Waals surface area contributed by atoms with E-state index in [-0.39, 0.29) is 23.1 Å². The second-order valence-corrected chi connectivity index (χ2v) is 6.24. The maximum Gasteiger partial charge on any atom is 0.308 e. The van der Waals surface area contributed by atoms with Gasteiger partial charge in [0, 0.05) is 17.9 Å². The molecule has 0 bridgehead atoms. The van der Waals surface area contributed by atoms with E-state index in [2.05, 4.69) is 6.07 Å². The molecule has 0 radical (unpaired) electrons. The molecule has 0 unspecified atom stereocenters. The highest BCUT2D eigenvalue weighted by Gasteiger charge is 2.63. The second kappa shape index (κ2) is 4.54. The van der Waals surface area contributed by atoms with E-state index in [9.17, 15) is 9.59 Å². The van der Waals surface area contributed by atoms with Crippen LogP contribution in [0.2, 0.25) is 0 Å². The molecule has 2 aromatic carbocycles. The Morgan fingerprint density at radius 3 is 2.55 bits per heavy atom. The van der Waals surface area contributed by atoms with Crippen molar-refractivity contribution in [1.82, 2.24) is 0 Å². The van der Waals surface area contributed by atoms with E-state index in [1.54, 1.807) is 12.1 Å². The Hall–Kier alpha value is -2.42. The number of carbonyl (C=O) groups is 2. The number of fused-ring (bicyclic) bond motifs is 1. The van der Waals surface area contributed by atoms with Crippen LogP contribution in [0.15, 0.2) is 48.5 Å². The molecule has 3 heteroatoms. The first kappa shape index (κ1) is 13.3. The van der Waals surface area contributed by atoms with Gasteiger partial charge in [0.05, 0.1) is 0 Å². The van der Waals surface area contributed by atoms with Crippen molar-refractivity contribution in [3.05, 3.63) is 65.2 Å². The van der Waals surface area contributed by atoms with Crippen molar-refractivity contribution in [1.29, 1.82) is 0 Å². The number of hydrogen-bond donors (Lipinski definition) is 0. The maximum atomic E-state index is 12.7. The fourth-order valence-corrected chi connectivity index (χ4v) is 3.71. The van der Waals surface area contributed by atoms with Crippen molar-refractivity contribution in [2.45, 2.75) is 25.7 Å². The van der Waals surface area contributed by atoms with Gasteiger partial charge < -0.3 is 4.74 Å². The fourth-order valence-electron chi connectivity index (χ4n) is 3.71. The monoisotopic (exact) mass is 292 g/mol. The Labute approximate surface area is 128 Å². The molecule has 0 saturated heterocycles. The van der Waals surface area contributed by atoms with E-state index >= 15 is 0 Å². The lowest BCUT2D eigenvalue weighted by Crippen LogP contribution is -2.12. The lowest BCUT2D eigenvalue weighted by atomic mass is 9.95. The largest absolute Gasteiger partial charge is 0.427 e. The lowest BCUT2D eigenvalue weighted by Gasteiger charge is -2.08.